The van der Waals surface area contributed by atoms with Crippen molar-refractivity contribution in [3.8, 4) is 0 Å². The first-order chi connectivity index (χ1) is 8.78. The van der Waals surface area contributed by atoms with Gasteiger partial charge in [0.1, 0.15) is 6.54 Å². The highest BCUT2D eigenvalue weighted by Crippen LogP contribution is 2.09. The molecule has 2 heterocycles. The summed E-state index contributed by atoms with van der Waals surface area (Å²) < 4.78 is 1.51. The van der Waals surface area contributed by atoms with Crippen molar-refractivity contribution in [1.82, 2.24) is 25.3 Å². The summed E-state index contributed by atoms with van der Waals surface area (Å²) in [5.41, 5.74) is 0.818. The predicted molar refractivity (Wildman–Crippen MR) is 68.1 cm³/mol. The van der Waals surface area contributed by atoms with Crippen LogP contribution >= 0.6 is 11.3 Å². The summed E-state index contributed by atoms with van der Waals surface area (Å²) in [4.78, 5) is 15.6. The summed E-state index contributed by atoms with van der Waals surface area (Å²) in [5, 5.41) is 16.1. The monoisotopic (exact) mass is 266 g/mol. The summed E-state index contributed by atoms with van der Waals surface area (Å²) in [6.45, 7) is 3.69. The maximum atomic E-state index is 11.7. The third kappa shape index (κ3) is 3.60. The summed E-state index contributed by atoms with van der Waals surface area (Å²) >= 11 is 1.38. The number of anilines is 1. The molecule has 0 atom stereocenters. The van der Waals surface area contributed by atoms with Crippen LogP contribution in [0.4, 0.5) is 5.13 Å². The van der Waals surface area contributed by atoms with Crippen LogP contribution in [0, 0.1) is 0 Å². The van der Waals surface area contributed by atoms with Crippen molar-refractivity contribution in [3.63, 3.8) is 0 Å². The minimum atomic E-state index is -0.162. The lowest BCUT2D eigenvalue weighted by atomic mass is 10.4. The zero-order valence-corrected chi connectivity index (χ0v) is 10.8. The van der Waals surface area contributed by atoms with Gasteiger partial charge >= 0.3 is 0 Å². The number of nitrogens with zero attached hydrogens (tertiary/aromatic N) is 4. The largest absolute Gasteiger partial charge is 0.311 e. The van der Waals surface area contributed by atoms with Gasteiger partial charge in [-0.25, -0.2) is 9.67 Å². The van der Waals surface area contributed by atoms with Gasteiger partial charge in [0.15, 0.2) is 5.13 Å². The van der Waals surface area contributed by atoms with Crippen LogP contribution in [0.5, 0.6) is 0 Å². The van der Waals surface area contributed by atoms with E-state index in [2.05, 4.69) is 25.9 Å². The van der Waals surface area contributed by atoms with Crippen molar-refractivity contribution < 1.29 is 4.79 Å². The zero-order valence-electron chi connectivity index (χ0n) is 9.96. The number of aromatic nitrogens is 4. The second kappa shape index (κ2) is 6.22. The Morgan fingerprint density at radius 3 is 3.17 bits per heavy atom. The first-order valence-electron chi connectivity index (χ1n) is 5.57. The SMILES string of the molecule is CCNCc1cn(CC(=O)Nc2nccs2)nn1. The first-order valence-corrected chi connectivity index (χ1v) is 6.45. The van der Waals surface area contributed by atoms with Crippen LogP contribution < -0.4 is 10.6 Å². The van der Waals surface area contributed by atoms with Gasteiger partial charge in [-0.3, -0.25) is 4.79 Å². The molecule has 0 saturated heterocycles. The molecule has 8 heteroatoms. The third-order valence-corrected chi connectivity index (χ3v) is 2.82. The van der Waals surface area contributed by atoms with E-state index in [1.54, 1.807) is 17.8 Å². The molecule has 0 aliphatic carbocycles. The van der Waals surface area contributed by atoms with Crippen LogP contribution in [0.1, 0.15) is 12.6 Å². The minimum Gasteiger partial charge on any atom is -0.311 e. The van der Waals surface area contributed by atoms with Crippen LogP contribution in [0.3, 0.4) is 0 Å². The Hall–Kier alpha value is -1.80. The fraction of sp³-hybridized carbons (Fsp3) is 0.400. The Balaban J connectivity index is 1.85. The lowest BCUT2D eigenvalue weighted by molar-refractivity contribution is -0.116. The number of hydrogen-bond acceptors (Lipinski definition) is 6. The van der Waals surface area contributed by atoms with E-state index >= 15 is 0 Å². The maximum absolute atomic E-state index is 11.7. The summed E-state index contributed by atoms with van der Waals surface area (Å²) in [7, 11) is 0. The molecular weight excluding hydrogens is 252 g/mol. The van der Waals surface area contributed by atoms with Crippen molar-refractivity contribution in [1.29, 1.82) is 0 Å². The van der Waals surface area contributed by atoms with Crippen LogP contribution in [-0.4, -0.2) is 32.4 Å². The quantitative estimate of drug-likeness (QED) is 0.794. The number of nitrogens with one attached hydrogen (secondary N) is 2. The minimum absolute atomic E-state index is 0.138. The van der Waals surface area contributed by atoms with Crippen LogP contribution in [0.2, 0.25) is 0 Å². The van der Waals surface area contributed by atoms with E-state index in [0.29, 0.717) is 11.7 Å². The van der Waals surface area contributed by atoms with Gasteiger partial charge in [-0.1, -0.05) is 12.1 Å². The molecule has 0 fully saturated rings. The normalized spacial score (nSPS) is 10.5. The Labute approximate surface area is 108 Å². The van der Waals surface area contributed by atoms with E-state index < -0.39 is 0 Å². The van der Waals surface area contributed by atoms with E-state index in [9.17, 15) is 4.79 Å². The highest BCUT2D eigenvalue weighted by Gasteiger charge is 2.07. The van der Waals surface area contributed by atoms with Crippen LogP contribution in [-0.2, 0) is 17.9 Å². The molecule has 0 bridgehead atoms. The standard InChI is InChI=1S/C10H14N6OS/c1-2-11-5-8-6-16(15-14-8)7-9(17)13-10-12-3-4-18-10/h3-4,6,11H,2,5,7H2,1H3,(H,12,13,17). The van der Waals surface area contributed by atoms with E-state index in [0.717, 1.165) is 12.2 Å². The Kier molecular flexibility index (Phi) is 4.37. The van der Waals surface area contributed by atoms with Gasteiger partial charge in [0.25, 0.3) is 0 Å². The zero-order chi connectivity index (χ0) is 12.8. The summed E-state index contributed by atoms with van der Waals surface area (Å²) in [5.74, 6) is -0.162. The molecule has 0 saturated carbocycles. The molecule has 96 valence electrons. The van der Waals surface area contributed by atoms with E-state index in [1.807, 2.05) is 6.92 Å². The molecule has 2 aromatic heterocycles. The van der Waals surface area contributed by atoms with Gasteiger partial charge in [-0.05, 0) is 6.54 Å². The van der Waals surface area contributed by atoms with Crippen molar-refractivity contribution in [2.75, 3.05) is 11.9 Å². The fourth-order valence-electron chi connectivity index (χ4n) is 1.34. The van der Waals surface area contributed by atoms with E-state index in [1.165, 1.54) is 16.0 Å². The number of carbonyl (C=O) groups is 1. The van der Waals surface area contributed by atoms with E-state index in [4.69, 9.17) is 0 Å². The Morgan fingerprint density at radius 2 is 2.44 bits per heavy atom. The molecule has 0 aromatic carbocycles. The number of thiazole rings is 1. The number of rotatable bonds is 6. The molecule has 2 aromatic rings. The fourth-order valence-corrected chi connectivity index (χ4v) is 1.89. The van der Waals surface area contributed by atoms with Gasteiger partial charge in [0.2, 0.25) is 5.91 Å². The molecule has 0 spiro atoms. The molecule has 2 N–H and O–H groups in total. The van der Waals surface area contributed by atoms with Crippen molar-refractivity contribution in [2.24, 2.45) is 0 Å². The lowest BCUT2D eigenvalue weighted by Gasteiger charge is -2.00. The molecule has 18 heavy (non-hydrogen) atoms. The highest BCUT2D eigenvalue weighted by molar-refractivity contribution is 7.13. The number of amides is 1. The van der Waals surface area contributed by atoms with Gasteiger partial charge in [-0.2, -0.15) is 0 Å². The molecular formula is C10H14N6OS. The molecule has 0 aliphatic rings. The van der Waals surface area contributed by atoms with E-state index in [-0.39, 0.29) is 12.5 Å². The second-order valence-corrected chi connectivity index (χ2v) is 4.47. The molecule has 0 unspecified atom stereocenters. The Morgan fingerprint density at radius 1 is 1.56 bits per heavy atom. The number of carbonyl (C=O) groups excluding carboxylic acids is 1. The average molecular weight is 266 g/mol. The molecule has 0 aliphatic heterocycles. The molecule has 2 rings (SSSR count). The van der Waals surface area contributed by atoms with Gasteiger partial charge in [-0.15, -0.1) is 16.4 Å². The van der Waals surface area contributed by atoms with Gasteiger partial charge in [0.05, 0.1) is 11.9 Å². The molecule has 7 nitrogen and oxygen atoms in total. The van der Waals surface area contributed by atoms with Gasteiger partial charge in [0, 0.05) is 18.1 Å². The van der Waals surface area contributed by atoms with Crippen molar-refractivity contribution in [3.05, 3.63) is 23.5 Å². The van der Waals surface area contributed by atoms with Crippen LogP contribution in [0.25, 0.3) is 0 Å². The van der Waals surface area contributed by atoms with Crippen LogP contribution in [0.15, 0.2) is 17.8 Å². The topological polar surface area (TPSA) is 84.7 Å². The summed E-state index contributed by atoms with van der Waals surface area (Å²) in [6, 6.07) is 0. The predicted octanol–water partition coefficient (Wildman–Crippen LogP) is 0.483. The summed E-state index contributed by atoms with van der Waals surface area (Å²) in [6.07, 6.45) is 3.40. The third-order valence-electron chi connectivity index (χ3n) is 2.13. The highest BCUT2D eigenvalue weighted by atomic mass is 32.1. The van der Waals surface area contributed by atoms with Gasteiger partial charge < -0.3 is 10.6 Å². The average Bonchev–Trinajstić information content (AvgIpc) is 2.98. The lowest BCUT2D eigenvalue weighted by Crippen LogP contribution is -2.19. The second-order valence-electron chi connectivity index (χ2n) is 3.57. The van der Waals surface area contributed by atoms with Crippen molar-refractivity contribution in [2.45, 2.75) is 20.0 Å². The Bertz CT molecular complexity index is 494. The van der Waals surface area contributed by atoms with Crippen molar-refractivity contribution >= 4 is 22.4 Å². The molecule has 1 amide bonds. The smallest absolute Gasteiger partial charge is 0.247 e. The number of hydrogen-bond donors (Lipinski definition) is 2. The first kappa shape index (κ1) is 12.7. The maximum Gasteiger partial charge on any atom is 0.247 e. The molecule has 0 radical (unpaired) electrons.